The summed E-state index contributed by atoms with van der Waals surface area (Å²) in [5.41, 5.74) is -0.422. The molecule has 0 saturated heterocycles. The van der Waals surface area contributed by atoms with Gasteiger partial charge in [-0.1, -0.05) is 25.1 Å². The van der Waals surface area contributed by atoms with Crippen LogP contribution in [0, 0.1) is 0 Å². The van der Waals surface area contributed by atoms with E-state index in [1.165, 1.54) is 0 Å². The molecular formula is C13H23N3O2. The highest BCUT2D eigenvalue weighted by atomic mass is 16.5. The van der Waals surface area contributed by atoms with Gasteiger partial charge in [0.25, 0.3) is 0 Å². The quantitative estimate of drug-likeness (QED) is 0.541. The van der Waals surface area contributed by atoms with Crippen LogP contribution in [0.1, 0.15) is 45.3 Å². The van der Waals surface area contributed by atoms with Gasteiger partial charge >= 0.3 is 0 Å². The van der Waals surface area contributed by atoms with E-state index in [1.54, 1.807) is 6.08 Å². The first-order valence-electron chi connectivity index (χ1n) is 6.51. The molecular weight excluding hydrogens is 230 g/mol. The Hall–Kier alpha value is -1.20. The molecule has 0 aliphatic carbocycles. The Morgan fingerprint density at radius 1 is 1.39 bits per heavy atom. The van der Waals surface area contributed by atoms with Crippen LogP contribution in [-0.4, -0.2) is 23.3 Å². The molecule has 0 bridgehead atoms. The zero-order valence-corrected chi connectivity index (χ0v) is 11.5. The molecule has 0 amide bonds. The number of nitrogens with zero attached hydrogens (tertiary/aromatic N) is 2. The van der Waals surface area contributed by atoms with Crippen LogP contribution in [0.15, 0.2) is 17.2 Å². The Labute approximate surface area is 109 Å². The number of rotatable bonds is 9. The van der Waals surface area contributed by atoms with Crippen molar-refractivity contribution in [2.24, 2.45) is 0 Å². The molecule has 0 atom stereocenters. The molecule has 0 aliphatic rings. The van der Waals surface area contributed by atoms with Gasteiger partial charge in [0.15, 0.2) is 0 Å². The first-order valence-corrected chi connectivity index (χ1v) is 6.51. The lowest BCUT2D eigenvalue weighted by atomic mass is 9.96. The van der Waals surface area contributed by atoms with Crippen LogP contribution in [0.5, 0.6) is 0 Å². The van der Waals surface area contributed by atoms with Crippen LogP contribution < -0.4 is 5.32 Å². The molecule has 0 spiro atoms. The number of hydrogen-bond donors (Lipinski definition) is 1. The van der Waals surface area contributed by atoms with Crippen LogP contribution >= 0.6 is 0 Å². The highest BCUT2D eigenvalue weighted by molar-refractivity contribution is 5.01. The molecule has 0 unspecified atom stereocenters. The van der Waals surface area contributed by atoms with Crippen molar-refractivity contribution in [2.45, 2.75) is 45.8 Å². The largest absolute Gasteiger partial charge is 0.367 e. The van der Waals surface area contributed by atoms with Crippen LogP contribution in [0.2, 0.25) is 0 Å². The van der Waals surface area contributed by atoms with E-state index in [4.69, 9.17) is 9.26 Å². The zero-order chi connectivity index (χ0) is 13.4. The fourth-order valence-corrected chi connectivity index (χ4v) is 1.90. The topological polar surface area (TPSA) is 60.2 Å². The second-order valence-corrected chi connectivity index (χ2v) is 4.07. The van der Waals surface area contributed by atoms with Crippen molar-refractivity contribution in [3.05, 3.63) is 24.4 Å². The van der Waals surface area contributed by atoms with E-state index in [1.807, 2.05) is 6.92 Å². The molecule has 0 radical (unpaired) electrons. The smallest absolute Gasteiger partial charge is 0.240 e. The lowest BCUT2D eigenvalue weighted by Crippen LogP contribution is -2.30. The lowest BCUT2D eigenvalue weighted by Gasteiger charge is -2.27. The third-order valence-corrected chi connectivity index (χ3v) is 3.00. The van der Waals surface area contributed by atoms with Gasteiger partial charge in [0.2, 0.25) is 11.7 Å². The summed E-state index contributed by atoms with van der Waals surface area (Å²) in [5, 5.41) is 7.18. The minimum absolute atomic E-state index is 0.422. The second kappa shape index (κ2) is 7.28. The molecule has 0 fully saturated rings. The summed E-state index contributed by atoms with van der Waals surface area (Å²) in [7, 11) is 0. The normalized spacial score (nSPS) is 11.7. The molecule has 1 aromatic rings. The third kappa shape index (κ3) is 3.40. The van der Waals surface area contributed by atoms with Gasteiger partial charge in [-0.25, -0.2) is 0 Å². The number of aromatic nitrogens is 2. The number of ether oxygens (including phenoxy) is 1. The monoisotopic (exact) mass is 253 g/mol. The fourth-order valence-electron chi connectivity index (χ4n) is 1.90. The van der Waals surface area contributed by atoms with E-state index in [0.29, 0.717) is 24.9 Å². The summed E-state index contributed by atoms with van der Waals surface area (Å²) in [6.45, 7) is 11.7. The van der Waals surface area contributed by atoms with Gasteiger partial charge in [-0.3, -0.25) is 0 Å². The molecule has 5 heteroatoms. The maximum absolute atomic E-state index is 5.83. The summed E-state index contributed by atoms with van der Waals surface area (Å²) in [4.78, 5) is 4.42. The van der Waals surface area contributed by atoms with Crippen LogP contribution in [0.25, 0.3) is 0 Å². The van der Waals surface area contributed by atoms with E-state index in [2.05, 4.69) is 35.9 Å². The standard InChI is InChI=1S/C13H23N3O2/c1-5-9-14-10-11-15-12(16-18-11)13(6-2,7-3)17-8-4/h5,14H,1,6-10H2,2-4H3. The van der Waals surface area contributed by atoms with Gasteiger partial charge in [0.1, 0.15) is 5.60 Å². The van der Waals surface area contributed by atoms with Crippen molar-refractivity contribution in [1.29, 1.82) is 0 Å². The maximum atomic E-state index is 5.83. The van der Waals surface area contributed by atoms with Crippen molar-refractivity contribution in [3.8, 4) is 0 Å². The SMILES string of the molecule is C=CCNCc1nc(C(CC)(CC)OCC)no1. The van der Waals surface area contributed by atoms with Gasteiger partial charge in [-0.05, 0) is 19.8 Å². The Balaban J connectivity index is 2.77. The van der Waals surface area contributed by atoms with E-state index >= 15 is 0 Å². The predicted octanol–water partition coefficient (Wildman–Crippen LogP) is 2.40. The Bertz CT molecular complexity index is 359. The van der Waals surface area contributed by atoms with E-state index in [0.717, 1.165) is 19.4 Å². The predicted molar refractivity (Wildman–Crippen MR) is 70.1 cm³/mol. The summed E-state index contributed by atoms with van der Waals surface area (Å²) >= 11 is 0. The summed E-state index contributed by atoms with van der Waals surface area (Å²) in [5.74, 6) is 1.22. The first-order chi connectivity index (χ1) is 8.72. The van der Waals surface area contributed by atoms with E-state index in [9.17, 15) is 0 Å². The summed E-state index contributed by atoms with van der Waals surface area (Å²) in [6.07, 6.45) is 3.45. The lowest BCUT2D eigenvalue weighted by molar-refractivity contribution is -0.0583. The Morgan fingerprint density at radius 2 is 2.11 bits per heavy atom. The van der Waals surface area contributed by atoms with E-state index in [-0.39, 0.29) is 0 Å². The van der Waals surface area contributed by atoms with Gasteiger partial charge in [0, 0.05) is 13.2 Å². The molecule has 0 aliphatic heterocycles. The molecule has 1 rings (SSSR count). The minimum atomic E-state index is -0.422. The van der Waals surface area contributed by atoms with Gasteiger partial charge in [-0.15, -0.1) is 6.58 Å². The van der Waals surface area contributed by atoms with Crippen molar-refractivity contribution >= 4 is 0 Å². The Kier molecular flexibility index (Phi) is 6.01. The average Bonchev–Trinajstić information content (AvgIpc) is 2.86. The van der Waals surface area contributed by atoms with Gasteiger partial charge < -0.3 is 14.6 Å². The number of hydrogen-bond acceptors (Lipinski definition) is 5. The average molecular weight is 253 g/mol. The van der Waals surface area contributed by atoms with Crippen LogP contribution in [-0.2, 0) is 16.9 Å². The molecule has 0 saturated carbocycles. The molecule has 1 aromatic heterocycles. The minimum Gasteiger partial charge on any atom is -0.367 e. The van der Waals surface area contributed by atoms with Crippen molar-refractivity contribution in [3.63, 3.8) is 0 Å². The molecule has 1 heterocycles. The summed E-state index contributed by atoms with van der Waals surface area (Å²) < 4.78 is 11.1. The third-order valence-electron chi connectivity index (χ3n) is 3.00. The van der Waals surface area contributed by atoms with E-state index < -0.39 is 5.60 Å². The molecule has 102 valence electrons. The van der Waals surface area contributed by atoms with Crippen molar-refractivity contribution in [2.75, 3.05) is 13.2 Å². The second-order valence-electron chi connectivity index (χ2n) is 4.07. The van der Waals surface area contributed by atoms with Crippen molar-refractivity contribution < 1.29 is 9.26 Å². The van der Waals surface area contributed by atoms with Gasteiger partial charge in [0.05, 0.1) is 6.54 Å². The molecule has 5 nitrogen and oxygen atoms in total. The zero-order valence-electron chi connectivity index (χ0n) is 11.5. The molecule has 18 heavy (non-hydrogen) atoms. The summed E-state index contributed by atoms with van der Waals surface area (Å²) in [6, 6.07) is 0. The van der Waals surface area contributed by atoms with Gasteiger partial charge in [-0.2, -0.15) is 4.98 Å². The highest BCUT2D eigenvalue weighted by Crippen LogP contribution is 2.30. The highest BCUT2D eigenvalue weighted by Gasteiger charge is 2.34. The first kappa shape index (κ1) is 14.9. The van der Waals surface area contributed by atoms with Crippen LogP contribution in [0.3, 0.4) is 0 Å². The van der Waals surface area contributed by atoms with Crippen molar-refractivity contribution in [1.82, 2.24) is 15.5 Å². The number of nitrogens with one attached hydrogen (secondary N) is 1. The molecule has 0 aromatic carbocycles. The fraction of sp³-hybridized carbons (Fsp3) is 0.692. The maximum Gasteiger partial charge on any atom is 0.240 e. The van der Waals surface area contributed by atoms with Crippen LogP contribution in [0.4, 0.5) is 0 Å². The molecule has 1 N–H and O–H groups in total. The Morgan fingerprint density at radius 3 is 2.67 bits per heavy atom.